The van der Waals surface area contributed by atoms with Crippen LogP contribution in [0.25, 0.3) is 22.8 Å². The summed E-state index contributed by atoms with van der Waals surface area (Å²) in [5.74, 6) is -4.27. The maximum absolute atomic E-state index is 14.7. The number of carbonyl (C=O) groups excluding carboxylic acids is 3. The quantitative estimate of drug-likeness (QED) is 0.104. The van der Waals surface area contributed by atoms with Crippen molar-refractivity contribution in [1.29, 1.82) is 0 Å². The van der Waals surface area contributed by atoms with E-state index in [-0.39, 0.29) is 124 Å². The van der Waals surface area contributed by atoms with E-state index in [2.05, 4.69) is 50.3 Å². The second-order valence-electron chi connectivity index (χ2n) is 24.4. The number of para-hydroxylation sites is 2. The van der Waals surface area contributed by atoms with E-state index in [1.54, 1.807) is 40.1 Å². The molecular weight excluding hydrogens is 1310 g/mol. The zero-order chi connectivity index (χ0) is 68.9. The summed E-state index contributed by atoms with van der Waals surface area (Å²) < 4.78 is 179. The van der Waals surface area contributed by atoms with Gasteiger partial charge in [0, 0.05) is 61.4 Å². The minimum absolute atomic E-state index is 0.00379. The number of hydrogen-bond donors (Lipinski definition) is 0. The van der Waals surface area contributed by atoms with E-state index >= 15 is 0 Å². The smallest absolute Gasteiger partial charge is 0.434 e. The third kappa shape index (κ3) is 13.2. The van der Waals surface area contributed by atoms with Crippen LogP contribution in [0.4, 0.5) is 57.1 Å². The summed E-state index contributed by atoms with van der Waals surface area (Å²) in [5.41, 5.74) is -2.12. The Kier molecular flexibility index (Phi) is 18.0. The fraction of sp³-hybridized carbons (Fsp3) is 0.348. The molecule has 6 aliphatic heterocycles. The fourth-order valence-electron chi connectivity index (χ4n) is 14.6. The van der Waals surface area contributed by atoms with Gasteiger partial charge in [0.2, 0.25) is 5.88 Å². The normalized spacial score (nSPS) is 22.2. The molecule has 9 atom stereocenters. The fourth-order valence-corrected chi connectivity index (χ4v) is 14.6. The average molecular weight is 1370 g/mol. The maximum atomic E-state index is 14.7. The number of benzene rings is 3. The molecule has 3 amide bonds. The molecule has 3 aromatic carbocycles. The van der Waals surface area contributed by atoms with E-state index in [0.717, 1.165) is 36.7 Å². The molecule has 508 valence electrons. The Morgan fingerprint density at radius 1 is 0.449 bits per heavy atom. The van der Waals surface area contributed by atoms with Gasteiger partial charge in [-0.25, -0.2) is 37.5 Å². The number of ether oxygens (including phenoxy) is 1. The summed E-state index contributed by atoms with van der Waals surface area (Å²) in [6.45, 7) is 0. The van der Waals surface area contributed by atoms with Crippen LogP contribution in [0.3, 0.4) is 0 Å². The lowest BCUT2D eigenvalue weighted by atomic mass is 9.85. The molecule has 6 fully saturated rings. The van der Waals surface area contributed by atoms with Crippen LogP contribution in [0.1, 0.15) is 117 Å². The first-order chi connectivity index (χ1) is 46.9. The molecule has 0 spiro atoms. The second kappa shape index (κ2) is 26.6. The van der Waals surface area contributed by atoms with Gasteiger partial charge in [-0.3, -0.25) is 24.4 Å². The standard InChI is InChI=1S/C22H18F5N5O.C22H17F4N5O2.C22H19F4N5O/c23-16-3-1-2-15(20(16)32-29-6-7-30-32)21(33)31-14-4-5-19(31)12(8-14)9-18-17(24)10-13(11-28-18)22(25,26)27;23-14-4-1-3-13(19(14)20-27-7-2-8-28-20)21(32)31-12-5-6-15(31)16(9-12)33-18-11-29-17(10-30-18)22(24,25)26;23-17-11-14(22(24,25)26)12-27-18(17)10-13-9-15-5-6-19(13)30(15)21(32)16-3-1-2-4-20(16)31-28-7-8-29-31/h1-3,6-7,10-12,14,19H,4-5,8-9H2;1-4,7-8,10-12,15-16H,5-6,9H2;1-4,7-8,11-13,15,19H,5-6,9-10H2. The molecule has 6 aliphatic rings. The van der Waals surface area contributed by atoms with Crippen molar-refractivity contribution >= 4 is 17.7 Å². The van der Waals surface area contributed by atoms with E-state index in [0.29, 0.717) is 74.1 Å². The monoisotopic (exact) mass is 1370 g/mol. The number of amides is 3. The zero-order valence-electron chi connectivity index (χ0n) is 51.0. The highest BCUT2D eigenvalue weighted by atomic mass is 19.4. The van der Waals surface area contributed by atoms with Crippen molar-refractivity contribution in [3.05, 3.63) is 209 Å². The van der Waals surface area contributed by atoms with Crippen molar-refractivity contribution in [1.82, 2.24) is 74.6 Å². The van der Waals surface area contributed by atoms with Gasteiger partial charge in [0.05, 0.1) is 93.7 Å². The number of aromatic nitrogens is 12. The van der Waals surface area contributed by atoms with Gasteiger partial charge in [-0.1, -0.05) is 24.3 Å². The van der Waals surface area contributed by atoms with Crippen molar-refractivity contribution < 1.29 is 76.2 Å². The van der Waals surface area contributed by atoms with E-state index in [9.17, 15) is 71.5 Å². The minimum atomic E-state index is -4.67. The van der Waals surface area contributed by atoms with Crippen LogP contribution in [0.15, 0.2) is 141 Å². The molecule has 0 aliphatic carbocycles. The zero-order valence-corrected chi connectivity index (χ0v) is 51.0. The summed E-state index contributed by atoms with van der Waals surface area (Å²) in [7, 11) is 0. The SMILES string of the molecule is O=C(c1cccc(F)c1-c1ncccn1)N1C2CCC1C(Oc1cnc(C(F)(F)F)cn1)C2.O=C(c1cccc(F)c1-n1nccn1)N1C2CCC1C(Cc1ncc(C(F)(F)F)cc1F)C2.O=C(c1ccccc1-n1nccn1)N1C2CCC1C(Cc1ncc(C(F)(F)F)cc1F)C2. The Bertz CT molecular complexity index is 4400. The highest BCUT2D eigenvalue weighted by molar-refractivity contribution is 6.01. The third-order valence-corrected chi connectivity index (χ3v) is 18.7. The molecule has 0 saturated carbocycles. The molecule has 12 heterocycles. The Balaban J connectivity index is 0.000000132. The molecule has 15 rings (SSSR count). The summed E-state index contributed by atoms with van der Waals surface area (Å²) in [6, 6.07) is 17.1. The first-order valence-corrected chi connectivity index (χ1v) is 31.0. The predicted octanol–water partition coefficient (Wildman–Crippen LogP) is 12.2. The molecule has 6 saturated heterocycles. The number of rotatable bonds is 12. The largest absolute Gasteiger partial charge is 0.471 e. The van der Waals surface area contributed by atoms with Crippen LogP contribution in [-0.2, 0) is 31.4 Å². The van der Waals surface area contributed by atoms with E-state index in [1.165, 1.54) is 78.4 Å². The minimum Gasteiger partial charge on any atom is -0.471 e. The summed E-state index contributed by atoms with van der Waals surface area (Å²) in [6.07, 6.45) is 3.72. The number of pyridine rings is 2. The van der Waals surface area contributed by atoms with Crippen molar-refractivity contribution in [2.75, 3.05) is 0 Å². The van der Waals surface area contributed by atoms with Gasteiger partial charge in [-0.15, -0.1) is 4.80 Å². The first-order valence-electron chi connectivity index (χ1n) is 31.0. The number of carbonyl (C=O) groups is 3. The van der Waals surface area contributed by atoms with E-state index < -0.39 is 64.7 Å². The van der Waals surface area contributed by atoms with Crippen molar-refractivity contribution in [2.24, 2.45) is 11.8 Å². The van der Waals surface area contributed by atoms with Gasteiger partial charge in [0.1, 0.15) is 29.2 Å². The van der Waals surface area contributed by atoms with Crippen molar-refractivity contribution in [3.8, 4) is 28.6 Å². The molecule has 19 nitrogen and oxygen atoms in total. The summed E-state index contributed by atoms with van der Waals surface area (Å²) in [4.78, 5) is 70.8. The van der Waals surface area contributed by atoms with Crippen LogP contribution in [0.5, 0.6) is 5.88 Å². The topological polar surface area (TPSA) is 209 Å². The molecule has 9 unspecified atom stereocenters. The van der Waals surface area contributed by atoms with E-state index in [1.807, 2.05) is 4.90 Å². The molecule has 98 heavy (non-hydrogen) atoms. The number of fused-ring (bicyclic) bond motifs is 6. The number of alkyl halides is 9. The Labute approximate surface area is 547 Å². The molecule has 0 N–H and O–H groups in total. The number of halogens is 13. The molecule has 32 heteroatoms. The Morgan fingerprint density at radius 3 is 1.48 bits per heavy atom. The highest BCUT2D eigenvalue weighted by Crippen LogP contribution is 2.47. The number of hydrogen-bond acceptors (Lipinski definition) is 14. The third-order valence-electron chi connectivity index (χ3n) is 18.7. The molecule has 9 aromatic rings. The Morgan fingerprint density at radius 2 is 0.939 bits per heavy atom. The van der Waals surface area contributed by atoms with Gasteiger partial charge < -0.3 is 19.4 Å². The molecule has 6 aromatic heterocycles. The van der Waals surface area contributed by atoms with Crippen molar-refractivity contribution in [2.45, 2.75) is 132 Å². The average Bonchev–Trinajstić information content (AvgIpc) is 1.61. The molecule has 6 bridgehead atoms. The maximum Gasteiger partial charge on any atom is 0.434 e. The summed E-state index contributed by atoms with van der Waals surface area (Å²) >= 11 is 0. The highest BCUT2D eigenvalue weighted by Gasteiger charge is 2.53. The van der Waals surface area contributed by atoms with Gasteiger partial charge in [-0.05, 0) is 131 Å². The number of nitrogens with zero attached hydrogens (tertiary/aromatic N) is 15. The van der Waals surface area contributed by atoms with Crippen molar-refractivity contribution in [3.63, 3.8) is 0 Å². The lowest BCUT2D eigenvalue weighted by Gasteiger charge is -2.25. The van der Waals surface area contributed by atoms with Crippen LogP contribution in [-0.4, -0.2) is 135 Å². The lowest BCUT2D eigenvalue weighted by molar-refractivity contribution is -0.141. The first kappa shape index (κ1) is 66.3. The summed E-state index contributed by atoms with van der Waals surface area (Å²) in [5, 5.41) is 16.1. The lowest BCUT2D eigenvalue weighted by Crippen LogP contribution is -2.39. The van der Waals surface area contributed by atoms with Gasteiger partial charge in [0.15, 0.2) is 17.3 Å². The predicted molar refractivity (Wildman–Crippen MR) is 317 cm³/mol. The van der Waals surface area contributed by atoms with Crippen LogP contribution in [0.2, 0.25) is 0 Å². The van der Waals surface area contributed by atoms with Crippen LogP contribution < -0.4 is 4.74 Å². The van der Waals surface area contributed by atoms with Gasteiger partial charge >= 0.3 is 18.5 Å². The second-order valence-corrected chi connectivity index (χ2v) is 24.4. The van der Waals surface area contributed by atoms with Crippen LogP contribution >= 0.6 is 0 Å². The van der Waals surface area contributed by atoms with Gasteiger partial charge in [0.25, 0.3) is 17.7 Å². The molecule has 0 radical (unpaired) electrons. The Hall–Kier alpha value is -10.3. The van der Waals surface area contributed by atoms with E-state index in [4.69, 9.17) is 4.74 Å². The molecular formula is C66H54F13N15O4. The van der Waals surface area contributed by atoms with Crippen LogP contribution in [0, 0.1) is 35.1 Å². The van der Waals surface area contributed by atoms with Gasteiger partial charge in [-0.2, -0.15) is 64.7 Å².